The molecule has 0 unspecified atom stereocenters. The van der Waals surface area contributed by atoms with Gasteiger partial charge in [0.05, 0.1) is 17.6 Å². The maximum Gasteiger partial charge on any atom is 0.234 e. The van der Waals surface area contributed by atoms with Crippen molar-refractivity contribution in [2.45, 2.75) is 5.16 Å². The average molecular weight is 363 g/mol. The second-order valence-electron chi connectivity index (χ2n) is 5.10. The SMILES string of the molecule is O=C(CSc1ncc(-c2ccc(F)cc2)[nH]1)Nc1cc(F)cc(F)c1. The summed E-state index contributed by atoms with van der Waals surface area (Å²) < 4.78 is 39.1. The molecule has 0 saturated heterocycles. The van der Waals surface area contributed by atoms with Gasteiger partial charge in [0.2, 0.25) is 5.91 Å². The van der Waals surface area contributed by atoms with Crippen LogP contribution in [0.15, 0.2) is 53.8 Å². The summed E-state index contributed by atoms with van der Waals surface area (Å²) in [7, 11) is 0. The molecule has 0 aliphatic rings. The molecule has 8 heteroatoms. The Bertz CT molecular complexity index is 876. The van der Waals surface area contributed by atoms with E-state index in [1.807, 2.05) is 0 Å². The van der Waals surface area contributed by atoms with Crippen LogP contribution in [0.3, 0.4) is 0 Å². The van der Waals surface area contributed by atoms with Crippen LogP contribution < -0.4 is 5.32 Å². The summed E-state index contributed by atoms with van der Waals surface area (Å²) in [5.74, 6) is -2.27. The molecular weight excluding hydrogens is 351 g/mol. The molecule has 3 aromatic rings. The number of nitrogens with zero attached hydrogens (tertiary/aromatic N) is 1. The van der Waals surface area contributed by atoms with Crippen molar-refractivity contribution in [3.63, 3.8) is 0 Å². The topological polar surface area (TPSA) is 57.8 Å². The first-order chi connectivity index (χ1) is 12.0. The van der Waals surface area contributed by atoms with Gasteiger partial charge in [-0.1, -0.05) is 11.8 Å². The highest BCUT2D eigenvalue weighted by Gasteiger charge is 2.09. The molecule has 2 N–H and O–H groups in total. The zero-order valence-corrected chi connectivity index (χ0v) is 13.5. The van der Waals surface area contributed by atoms with Gasteiger partial charge in [-0.3, -0.25) is 4.79 Å². The highest BCUT2D eigenvalue weighted by Crippen LogP contribution is 2.22. The third-order valence-corrected chi connectivity index (χ3v) is 4.08. The normalized spacial score (nSPS) is 10.7. The van der Waals surface area contributed by atoms with E-state index in [1.54, 1.807) is 18.3 Å². The number of anilines is 1. The lowest BCUT2D eigenvalue weighted by Crippen LogP contribution is -2.14. The first kappa shape index (κ1) is 17.1. The number of carbonyl (C=O) groups is 1. The van der Waals surface area contributed by atoms with Gasteiger partial charge in [0, 0.05) is 11.8 Å². The number of H-pyrrole nitrogens is 1. The Hall–Kier alpha value is -2.74. The van der Waals surface area contributed by atoms with E-state index in [0.29, 0.717) is 10.9 Å². The number of benzene rings is 2. The fourth-order valence-corrected chi connectivity index (χ4v) is 2.76. The molecule has 0 fully saturated rings. The predicted molar refractivity (Wildman–Crippen MR) is 89.7 cm³/mol. The van der Waals surface area contributed by atoms with Gasteiger partial charge in [-0.05, 0) is 42.0 Å². The zero-order chi connectivity index (χ0) is 17.8. The first-order valence-corrected chi connectivity index (χ1v) is 8.18. The van der Waals surface area contributed by atoms with Gasteiger partial charge in [0.1, 0.15) is 17.5 Å². The van der Waals surface area contributed by atoms with Crippen molar-refractivity contribution in [3.8, 4) is 11.3 Å². The molecular formula is C17H12F3N3OS. The standard InChI is InChI=1S/C17H12F3N3OS/c18-11-3-1-10(2-4-11)15-8-21-17(23-15)25-9-16(24)22-14-6-12(19)5-13(20)7-14/h1-8H,9H2,(H,21,23)(H,22,24). The van der Waals surface area contributed by atoms with Crippen LogP contribution in [0.4, 0.5) is 18.9 Å². The summed E-state index contributed by atoms with van der Waals surface area (Å²) in [6.45, 7) is 0. The molecule has 0 atom stereocenters. The monoisotopic (exact) mass is 363 g/mol. The van der Waals surface area contributed by atoms with Gasteiger partial charge in [-0.2, -0.15) is 0 Å². The van der Waals surface area contributed by atoms with E-state index in [2.05, 4.69) is 15.3 Å². The van der Waals surface area contributed by atoms with Crippen LogP contribution in [0.2, 0.25) is 0 Å². The van der Waals surface area contributed by atoms with E-state index in [4.69, 9.17) is 0 Å². The Balaban J connectivity index is 1.58. The smallest absolute Gasteiger partial charge is 0.234 e. The largest absolute Gasteiger partial charge is 0.333 e. The number of nitrogens with one attached hydrogen (secondary N) is 2. The molecule has 3 rings (SSSR count). The van der Waals surface area contributed by atoms with E-state index >= 15 is 0 Å². The fraction of sp³-hybridized carbons (Fsp3) is 0.0588. The van der Waals surface area contributed by atoms with Crippen LogP contribution in [-0.2, 0) is 4.79 Å². The Morgan fingerprint density at radius 1 is 1.04 bits per heavy atom. The van der Waals surface area contributed by atoms with Crippen LogP contribution >= 0.6 is 11.8 Å². The van der Waals surface area contributed by atoms with Crippen molar-refractivity contribution in [1.82, 2.24) is 9.97 Å². The third kappa shape index (κ3) is 4.63. The van der Waals surface area contributed by atoms with Crippen LogP contribution in [0.1, 0.15) is 0 Å². The van der Waals surface area contributed by atoms with Gasteiger partial charge < -0.3 is 10.3 Å². The number of thioether (sulfide) groups is 1. The molecule has 0 spiro atoms. The van der Waals surface area contributed by atoms with Gasteiger partial charge in [0.25, 0.3) is 0 Å². The number of amides is 1. The van der Waals surface area contributed by atoms with Crippen molar-refractivity contribution >= 4 is 23.4 Å². The molecule has 0 radical (unpaired) electrons. The number of halogens is 3. The number of imidazole rings is 1. The Morgan fingerprint density at radius 3 is 2.40 bits per heavy atom. The summed E-state index contributed by atoms with van der Waals surface area (Å²) in [5, 5.41) is 2.92. The Morgan fingerprint density at radius 2 is 1.72 bits per heavy atom. The summed E-state index contributed by atoms with van der Waals surface area (Å²) in [6, 6.07) is 8.70. The molecule has 25 heavy (non-hydrogen) atoms. The lowest BCUT2D eigenvalue weighted by molar-refractivity contribution is -0.113. The maximum absolute atomic E-state index is 13.1. The molecule has 2 aromatic carbocycles. The van der Waals surface area contributed by atoms with Gasteiger partial charge >= 0.3 is 0 Å². The lowest BCUT2D eigenvalue weighted by Gasteiger charge is -2.04. The van der Waals surface area contributed by atoms with Crippen LogP contribution in [-0.4, -0.2) is 21.6 Å². The number of rotatable bonds is 5. The first-order valence-electron chi connectivity index (χ1n) is 7.19. The molecule has 0 aliphatic heterocycles. The van der Waals surface area contributed by atoms with Crippen molar-refractivity contribution in [2.24, 2.45) is 0 Å². The maximum atomic E-state index is 13.1. The minimum atomic E-state index is -0.766. The summed E-state index contributed by atoms with van der Waals surface area (Å²) in [6.07, 6.45) is 1.58. The fourth-order valence-electron chi connectivity index (χ4n) is 2.11. The number of aromatic amines is 1. The van der Waals surface area contributed by atoms with Crippen molar-refractivity contribution < 1.29 is 18.0 Å². The number of hydrogen-bond acceptors (Lipinski definition) is 3. The van der Waals surface area contributed by atoms with Gasteiger partial charge in [-0.25, -0.2) is 18.2 Å². The quantitative estimate of drug-likeness (QED) is 0.667. The minimum absolute atomic E-state index is 0.00844. The summed E-state index contributed by atoms with van der Waals surface area (Å²) in [4.78, 5) is 19.0. The van der Waals surface area contributed by atoms with Gasteiger partial charge in [0.15, 0.2) is 5.16 Å². The van der Waals surface area contributed by atoms with Crippen molar-refractivity contribution in [2.75, 3.05) is 11.1 Å². The minimum Gasteiger partial charge on any atom is -0.333 e. The summed E-state index contributed by atoms with van der Waals surface area (Å²) in [5.41, 5.74) is 1.50. The molecule has 0 bridgehead atoms. The Kier molecular flexibility index (Phi) is 5.08. The molecule has 0 saturated carbocycles. The van der Waals surface area contributed by atoms with E-state index in [-0.39, 0.29) is 17.3 Å². The van der Waals surface area contributed by atoms with Crippen molar-refractivity contribution in [3.05, 3.63) is 66.1 Å². The molecule has 4 nitrogen and oxygen atoms in total. The molecule has 0 aliphatic carbocycles. The second-order valence-corrected chi connectivity index (χ2v) is 6.07. The number of aromatic nitrogens is 2. The molecule has 128 valence electrons. The number of carbonyl (C=O) groups excluding carboxylic acids is 1. The zero-order valence-electron chi connectivity index (χ0n) is 12.7. The number of hydrogen-bond donors (Lipinski definition) is 2. The van der Waals surface area contributed by atoms with E-state index < -0.39 is 17.5 Å². The predicted octanol–water partition coefficient (Wildman–Crippen LogP) is 4.22. The molecule has 1 aromatic heterocycles. The van der Waals surface area contributed by atoms with Crippen LogP contribution in [0, 0.1) is 17.5 Å². The summed E-state index contributed by atoms with van der Waals surface area (Å²) >= 11 is 1.13. The molecule has 1 amide bonds. The Labute approximate surface area is 145 Å². The highest BCUT2D eigenvalue weighted by atomic mass is 32.2. The van der Waals surface area contributed by atoms with Crippen LogP contribution in [0.5, 0.6) is 0 Å². The van der Waals surface area contributed by atoms with E-state index in [9.17, 15) is 18.0 Å². The van der Waals surface area contributed by atoms with E-state index in [0.717, 1.165) is 35.5 Å². The van der Waals surface area contributed by atoms with Crippen molar-refractivity contribution in [1.29, 1.82) is 0 Å². The lowest BCUT2D eigenvalue weighted by atomic mass is 10.2. The molecule has 1 heterocycles. The average Bonchev–Trinajstić information content (AvgIpc) is 3.01. The van der Waals surface area contributed by atoms with Gasteiger partial charge in [-0.15, -0.1) is 0 Å². The third-order valence-electron chi connectivity index (χ3n) is 3.19. The second kappa shape index (κ2) is 7.43. The highest BCUT2D eigenvalue weighted by molar-refractivity contribution is 7.99. The van der Waals surface area contributed by atoms with Crippen LogP contribution in [0.25, 0.3) is 11.3 Å². The van der Waals surface area contributed by atoms with E-state index in [1.165, 1.54) is 12.1 Å².